The Morgan fingerprint density at radius 1 is 1.57 bits per heavy atom. The fourth-order valence-electron chi connectivity index (χ4n) is 3.14. The fourth-order valence-corrected chi connectivity index (χ4v) is 3.14. The van der Waals surface area contributed by atoms with Crippen LogP contribution in [0.4, 0.5) is 0 Å². The number of fused-ring (bicyclic) bond motifs is 2. The Kier molecular flexibility index (Phi) is 2.44. The van der Waals surface area contributed by atoms with Gasteiger partial charge in [-0.05, 0) is 18.8 Å². The smallest absolute Gasteiger partial charge is 0.0553 e. The van der Waals surface area contributed by atoms with Crippen molar-refractivity contribution in [2.75, 3.05) is 19.8 Å². The van der Waals surface area contributed by atoms with E-state index in [1.165, 1.54) is 5.57 Å². The van der Waals surface area contributed by atoms with Crippen molar-refractivity contribution in [2.24, 2.45) is 23.2 Å². The van der Waals surface area contributed by atoms with Crippen LogP contribution in [-0.2, 0) is 4.74 Å². The molecule has 0 aromatic rings. The molecule has 2 rings (SSSR count). The van der Waals surface area contributed by atoms with Gasteiger partial charge in [-0.3, -0.25) is 0 Å². The molecule has 2 aliphatic rings. The van der Waals surface area contributed by atoms with E-state index in [-0.39, 0.29) is 12.0 Å². The SMILES string of the molecule is CC1=C[C@H](C)[C@@]2(CO)COC[C@@H]1[C@@H]2C. The summed E-state index contributed by atoms with van der Waals surface area (Å²) in [6.07, 6.45) is 2.32. The third-order valence-electron chi connectivity index (χ3n) is 4.48. The predicted octanol–water partition coefficient (Wildman–Crippen LogP) is 1.84. The Balaban J connectivity index is 2.40. The van der Waals surface area contributed by atoms with Gasteiger partial charge in [-0.25, -0.2) is 0 Å². The van der Waals surface area contributed by atoms with E-state index in [1.54, 1.807) is 0 Å². The van der Waals surface area contributed by atoms with E-state index in [0.717, 1.165) is 6.61 Å². The highest BCUT2D eigenvalue weighted by atomic mass is 16.5. The van der Waals surface area contributed by atoms with E-state index in [1.807, 2.05) is 0 Å². The molecule has 1 fully saturated rings. The summed E-state index contributed by atoms with van der Waals surface area (Å²) in [4.78, 5) is 0. The number of hydrogen-bond donors (Lipinski definition) is 1. The maximum atomic E-state index is 9.61. The molecule has 0 spiro atoms. The molecule has 4 atom stereocenters. The second-order valence-corrected chi connectivity index (χ2v) is 5.00. The number of rotatable bonds is 1. The third kappa shape index (κ3) is 1.17. The van der Waals surface area contributed by atoms with Gasteiger partial charge >= 0.3 is 0 Å². The Labute approximate surface area is 86.0 Å². The Hall–Kier alpha value is -0.340. The zero-order valence-corrected chi connectivity index (χ0v) is 9.29. The molecule has 1 heterocycles. The number of ether oxygens (including phenoxy) is 1. The van der Waals surface area contributed by atoms with E-state index in [0.29, 0.717) is 24.4 Å². The van der Waals surface area contributed by atoms with E-state index in [2.05, 4.69) is 26.8 Å². The van der Waals surface area contributed by atoms with Crippen molar-refractivity contribution in [3.8, 4) is 0 Å². The van der Waals surface area contributed by atoms with Gasteiger partial charge < -0.3 is 9.84 Å². The molecule has 1 aliphatic heterocycles. The summed E-state index contributed by atoms with van der Waals surface area (Å²) in [5.74, 6) is 1.49. The second-order valence-electron chi connectivity index (χ2n) is 5.00. The first-order valence-electron chi connectivity index (χ1n) is 5.49. The number of aliphatic hydroxyl groups is 1. The zero-order chi connectivity index (χ0) is 10.3. The van der Waals surface area contributed by atoms with Crippen molar-refractivity contribution < 1.29 is 9.84 Å². The molecule has 1 aliphatic carbocycles. The minimum absolute atomic E-state index is 0.0254. The molecule has 80 valence electrons. The van der Waals surface area contributed by atoms with Crippen LogP contribution in [0.2, 0.25) is 0 Å². The van der Waals surface area contributed by atoms with Crippen LogP contribution >= 0.6 is 0 Å². The lowest BCUT2D eigenvalue weighted by Crippen LogP contribution is -2.53. The first kappa shape index (κ1) is 10.2. The molecule has 0 aromatic heterocycles. The van der Waals surface area contributed by atoms with Crippen LogP contribution in [0, 0.1) is 23.2 Å². The van der Waals surface area contributed by atoms with E-state index in [4.69, 9.17) is 4.74 Å². The van der Waals surface area contributed by atoms with Gasteiger partial charge in [0.25, 0.3) is 0 Å². The average Bonchev–Trinajstić information content (AvgIpc) is 2.15. The van der Waals surface area contributed by atoms with E-state index in [9.17, 15) is 5.11 Å². The molecule has 14 heavy (non-hydrogen) atoms. The third-order valence-corrected chi connectivity index (χ3v) is 4.48. The van der Waals surface area contributed by atoms with Gasteiger partial charge in [0.2, 0.25) is 0 Å². The minimum Gasteiger partial charge on any atom is -0.396 e. The monoisotopic (exact) mass is 196 g/mol. The molecule has 1 saturated heterocycles. The summed E-state index contributed by atoms with van der Waals surface area (Å²) < 4.78 is 5.64. The van der Waals surface area contributed by atoms with Crippen LogP contribution < -0.4 is 0 Å². The maximum absolute atomic E-state index is 9.61. The standard InChI is InChI=1S/C12H20O2/c1-8-4-9(2)12(6-13)7-14-5-11(8)10(12)3/h4,9-11,13H,5-7H2,1-3H3/t9-,10-,11-,12+/m0/s1. The van der Waals surface area contributed by atoms with Crippen molar-refractivity contribution in [3.05, 3.63) is 11.6 Å². The van der Waals surface area contributed by atoms with Crippen LogP contribution in [0.15, 0.2) is 11.6 Å². The highest BCUT2D eigenvalue weighted by Crippen LogP contribution is 2.49. The normalized spacial score (nSPS) is 47.4. The van der Waals surface area contributed by atoms with Crippen molar-refractivity contribution in [1.82, 2.24) is 0 Å². The molecular formula is C12H20O2. The summed E-state index contributed by atoms with van der Waals surface area (Å²) >= 11 is 0. The summed E-state index contributed by atoms with van der Waals surface area (Å²) in [6.45, 7) is 8.44. The molecule has 2 bridgehead atoms. The lowest BCUT2D eigenvalue weighted by atomic mass is 9.58. The van der Waals surface area contributed by atoms with Gasteiger partial charge in [0.05, 0.1) is 19.8 Å². The van der Waals surface area contributed by atoms with Crippen LogP contribution in [0.3, 0.4) is 0 Å². The molecule has 2 heteroatoms. The Bertz CT molecular complexity index is 259. The number of hydrogen-bond acceptors (Lipinski definition) is 2. The molecule has 2 nitrogen and oxygen atoms in total. The maximum Gasteiger partial charge on any atom is 0.0553 e. The second kappa shape index (κ2) is 3.35. The fraction of sp³-hybridized carbons (Fsp3) is 0.833. The van der Waals surface area contributed by atoms with Gasteiger partial charge in [-0.1, -0.05) is 25.5 Å². The summed E-state index contributed by atoms with van der Waals surface area (Å²) in [5.41, 5.74) is 1.41. The summed E-state index contributed by atoms with van der Waals surface area (Å²) in [5, 5.41) is 9.61. The average molecular weight is 196 g/mol. The van der Waals surface area contributed by atoms with E-state index >= 15 is 0 Å². The van der Waals surface area contributed by atoms with E-state index < -0.39 is 0 Å². The first-order valence-corrected chi connectivity index (χ1v) is 5.49. The van der Waals surface area contributed by atoms with Gasteiger partial charge in [0.1, 0.15) is 0 Å². The molecule has 0 saturated carbocycles. The Morgan fingerprint density at radius 2 is 2.29 bits per heavy atom. The van der Waals surface area contributed by atoms with Gasteiger partial charge in [-0.15, -0.1) is 0 Å². The van der Waals surface area contributed by atoms with Crippen LogP contribution in [0.5, 0.6) is 0 Å². The zero-order valence-electron chi connectivity index (χ0n) is 9.29. The molecule has 0 aromatic carbocycles. The van der Waals surface area contributed by atoms with Crippen molar-refractivity contribution in [1.29, 1.82) is 0 Å². The van der Waals surface area contributed by atoms with Gasteiger partial charge in [-0.2, -0.15) is 0 Å². The number of aliphatic hydroxyl groups excluding tert-OH is 1. The lowest BCUT2D eigenvalue weighted by molar-refractivity contribution is -0.124. The summed E-state index contributed by atoms with van der Waals surface area (Å²) in [6, 6.07) is 0. The van der Waals surface area contributed by atoms with Crippen molar-refractivity contribution in [2.45, 2.75) is 20.8 Å². The molecule has 1 N–H and O–H groups in total. The molecule has 0 radical (unpaired) electrons. The topological polar surface area (TPSA) is 29.5 Å². The molecular weight excluding hydrogens is 176 g/mol. The van der Waals surface area contributed by atoms with Crippen LogP contribution in [0.1, 0.15) is 20.8 Å². The molecule has 0 unspecified atom stereocenters. The first-order chi connectivity index (χ1) is 6.62. The van der Waals surface area contributed by atoms with Crippen molar-refractivity contribution in [3.63, 3.8) is 0 Å². The molecule has 0 amide bonds. The summed E-state index contributed by atoms with van der Waals surface area (Å²) in [7, 11) is 0. The Morgan fingerprint density at radius 3 is 2.93 bits per heavy atom. The van der Waals surface area contributed by atoms with Gasteiger partial charge in [0, 0.05) is 11.3 Å². The highest BCUT2D eigenvalue weighted by Gasteiger charge is 2.49. The largest absolute Gasteiger partial charge is 0.396 e. The van der Waals surface area contributed by atoms with Crippen molar-refractivity contribution >= 4 is 0 Å². The quantitative estimate of drug-likeness (QED) is 0.648. The van der Waals surface area contributed by atoms with Gasteiger partial charge in [0.15, 0.2) is 0 Å². The minimum atomic E-state index is -0.0254. The van der Waals surface area contributed by atoms with Crippen LogP contribution in [0.25, 0.3) is 0 Å². The highest BCUT2D eigenvalue weighted by molar-refractivity contribution is 5.18. The number of allylic oxidation sites excluding steroid dienone is 1. The predicted molar refractivity (Wildman–Crippen MR) is 55.9 cm³/mol. The lowest BCUT2D eigenvalue weighted by Gasteiger charge is -2.52. The van der Waals surface area contributed by atoms with Crippen LogP contribution in [-0.4, -0.2) is 24.9 Å².